The average molecular weight is 265 g/mol. The van der Waals surface area contributed by atoms with E-state index in [1.165, 1.54) is 0 Å². The molecule has 106 valence electrons. The number of hydrogen-bond acceptors (Lipinski definition) is 3. The second kappa shape index (κ2) is 4.99. The van der Waals surface area contributed by atoms with Crippen LogP contribution >= 0.6 is 0 Å². The van der Waals surface area contributed by atoms with Crippen LogP contribution < -0.4 is 0 Å². The third kappa shape index (κ3) is 3.17. The molecule has 0 aromatic heterocycles. The van der Waals surface area contributed by atoms with Gasteiger partial charge in [0.2, 0.25) is 0 Å². The molecule has 1 atom stereocenters. The Morgan fingerprint density at radius 3 is 2.74 bits per heavy atom. The summed E-state index contributed by atoms with van der Waals surface area (Å²) in [6, 6.07) is 0. The van der Waals surface area contributed by atoms with Gasteiger partial charge in [-0.3, -0.25) is 4.79 Å². The molecule has 1 spiro atoms. The summed E-state index contributed by atoms with van der Waals surface area (Å²) in [5.41, 5.74) is -0.845. The van der Waals surface area contributed by atoms with Gasteiger partial charge < -0.3 is 9.64 Å². The molecular weight excluding hydrogens is 242 g/mol. The number of amides is 1. The quantitative estimate of drug-likeness (QED) is 0.676. The predicted octanol–water partition coefficient (Wildman–Crippen LogP) is 2.92. The molecule has 2 rings (SSSR count). The van der Waals surface area contributed by atoms with E-state index in [0.717, 1.165) is 25.7 Å². The summed E-state index contributed by atoms with van der Waals surface area (Å²) in [5.74, 6) is 0.173. The summed E-state index contributed by atoms with van der Waals surface area (Å²) in [7, 11) is 0. The Morgan fingerprint density at radius 1 is 1.37 bits per heavy atom. The lowest BCUT2D eigenvalue weighted by Crippen LogP contribution is -2.51. The highest BCUT2D eigenvalue weighted by Crippen LogP contribution is 2.38. The molecule has 1 aliphatic heterocycles. The molecule has 1 amide bonds. The molecule has 0 saturated carbocycles. The van der Waals surface area contributed by atoms with Crippen molar-refractivity contribution in [3.05, 3.63) is 12.2 Å². The highest BCUT2D eigenvalue weighted by Gasteiger charge is 2.43. The van der Waals surface area contributed by atoms with Gasteiger partial charge >= 0.3 is 6.09 Å². The van der Waals surface area contributed by atoms with Gasteiger partial charge in [0.05, 0.1) is 5.41 Å². The second-order valence-electron chi connectivity index (χ2n) is 6.59. The minimum absolute atomic E-state index is 0.173. The minimum Gasteiger partial charge on any atom is -0.444 e. The molecule has 1 fully saturated rings. The van der Waals surface area contributed by atoms with Crippen LogP contribution in [0.25, 0.3) is 0 Å². The molecule has 1 unspecified atom stereocenters. The lowest BCUT2D eigenvalue weighted by molar-refractivity contribution is -0.127. The van der Waals surface area contributed by atoms with Gasteiger partial charge in [-0.15, -0.1) is 0 Å². The molecule has 4 heteroatoms. The number of piperidine rings is 1. The van der Waals surface area contributed by atoms with Crippen molar-refractivity contribution < 1.29 is 14.3 Å². The molecule has 0 N–H and O–H groups in total. The van der Waals surface area contributed by atoms with Gasteiger partial charge in [0.25, 0.3) is 0 Å². The number of ketones is 1. The Kier molecular flexibility index (Phi) is 3.70. The number of nitrogens with zero attached hydrogens (tertiary/aromatic N) is 1. The van der Waals surface area contributed by atoms with E-state index in [1.807, 2.05) is 26.8 Å². The zero-order valence-electron chi connectivity index (χ0n) is 12.1. The van der Waals surface area contributed by atoms with E-state index in [9.17, 15) is 9.59 Å². The fourth-order valence-electron chi connectivity index (χ4n) is 2.87. The molecule has 0 bridgehead atoms. The summed E-state index contributed by atoms with van der Waals surface area (Å²) in [4.78, 5) is 26.0. The first kappa shape index (κ1) is 14.1. The monoisotopic (exact) mass is 265 g/mol. The van der Waals surface area contributed by atoms with E-state index in [0.29, 0.717) is 13.1 Å². The van der Waals surface area contributed by atoms with Crippen LogP contribution in [0, 0.1) is 5.41 Å². The van der Waals surface area contributed by atoms with E-state index < -0.39 is 5.60 Å². The summed E-state index contributed by atoms with van der Waals surface area (Å²) in [6.45, 7) is 6.77. The van der Waals surface area contributed by atoms with Crippen molar-refractivity contribution in [2.75, 3.05) is 13.1 Å². The Hall–Kier alpha value is -1.32. The number of likely N-dealkylation sites (tertiary alicyclic amines) is 1. The Balaban J connectivity index is 2.07. The molecule has 1 aliphatic carbocycles. The third-order valence-electron chi connectivity index (χ3n) is 3.81. The van der Waals surface area contributed by atoms with E-state index in [-0.39, 0.29) is 17.3 Å². The number of carbonyl (C=O) groups is 2. The van der Waals surface area contributed by atoms with Crippen LogP contribution in [-0.4, -0.2) is 35.5 Å². The van der Waals surface area contributed by atoms with Crippen LogP contribution in [0.1, 0.15) is 46.5 Å². The fraction of sp³-hybridized carbons (Fsp3) is 0.733. The molecule has 0 aromatic carbocycles. The Bertz CT molecular complexity index is 408. The predicted molar refractivity (Wildman–Crippen MR) is 72.9 cm³/mol. The lowest BCUT2D eigenvalue weighted by atomic mass is 9.70. The first-order valence-corrected chi connectivity index (χ1v) is 7.01. The number of hydrogen-bond donors (Lipinski definition) is 0. The normalized spacial score (nSPS) is 27.7. The second-order valence-corrected chi connectivity index (χ2v) is 6.59. The van der Waals surface area contributed by atoms with Crippen molar-refractivity contribution >= 4 is 11.9 Å². The standard InChI is InChI=1S/C15H23NO3/c1-14(2,3)19-13(18)16-10-6-9-15(11-16)8-5-4-7-12(15)17/h4,7H,5-6,8-11H2,1-3H3. The van der Waals surface area contributed by atoms with Crippen molar-refractivity contribution in [2.24, 2.45) is 5.41 Å². The van der Waals surface area contributed by atoms with Crippen molar-refractivity contribution in [3.63, 3.8) is 0 Å². The maximum atomic E-state index is 12.2. The minimum atomic E-state index is -0.488. The number of rotatable bonds is 0. The highest BCUT2D eigenvalue weighted by atomic mass is 16.6. The molecule has 0 radical (unpaired) electrons. The van der Waals surface area contributed by atoms with E-state index in [1.54, 1.807) is 11.0 Å². The van der Waals surface area contributed by atoms with Crippen LogP contribution in [0.5, 0.6) is 0 Å². The largest absolute Gasteiger partial charge is 0.444 e. The maximum Gasteiger partial charge on any atom is 0.410 e. The van der Waals surface area contributed by atoms with Gasteiger partial charge in [-0.1, -0.05) is 6.08 Å². The van der Waals surface area contributed by atoms with E-state index >= 15 is 0 Å². The smallest absolute Gasteiger partial charge is 0.410 e. The molecule has 1 heterocycles. The average Bonchev–Trinajstić information content (AvgIpc) is 2.31. The van der Waals surface area contributed by atoms with Gasteiger partial charge in [0.1, 0.15) is 5.60 Å². The highest BCUT2D eigenvalue weighted by molar-refractivity contribution is 5.96. The maximum absolute atomic E-state index is 12.2. The molecule has 1 saturated heterocycles. The molecule has 4 nitrogen and oxygen atoms in total. The summed E-state index contributed by atoms with van der Waals surface area (Å²) < 4.78 is 5.40. The van der Waals surface area contributed by atoms with Crippen molar-refractivity contribution in [2.45, 2.75) is 52.1 Å². The SMILES string of the molecule is CC(C)(C)OC(=O)N1CCCC2(CCC=CC2=O)C1. The number of ether oxygens (including phenoxy) is 1. The van der Waals surface area contributed by atoms with Gasteiger partial charge in [-0.05, 0) is 52.5 Å². The van der Waals surface area contributed by atoms with Crippen molar-refractivity contribution in [1.82, 2.24) is 4.90 Å². The van der Waals surface area contributed by atoms with Crippen LogP contribution in [0.15, 0.2) is 12.2 Å². The van der Waals surface area contributed by atoms with Gasteiger partial charge in [-0.2, -0.15) is 0 Å². The summed E-state index contributed by atoms with van der Waals surface area (Å²) in [5, 5.41) is 0. The summed E-state index contributed by atoms with van der Waals surface area (Å²) in [6.07, 6.45) is 6.85. The molecule has 2 aliphatic rings. The van der Waals surface area contributed by atoms with Gasteiger partial charge in [0.15, 0.2) is 5.78 Å². The molecular formula is C15H23NO3. The first-order valence-electron chi connectivity index (χ1n) is 7.01. The van der Waals surface area contributed by atoms with Gasteiger partial charge in [-0.25, -0.2) is 4.79 Å². The number of allylic oxidation sites excluding steroid dienone is 2. The van der Waals surface area contributed by atoms with E-state index in [4.69, 9.17) is 4.74 Å². The lowest BCUT2D eigenvalue weighted by Gasteiger charge is -2.42. The zero-order valence-corrected chi connectivity index (χ0v) is 12.1. The van der Waals surface area contributed by atoms with Crippen LogP contribution in [0.3, 0.4) is 0 Å². The first-order chi connectivity index (χ1) is 8.82. The van der Waals surface area contributed by atoms with Crippen molar-refractivity contribution in [3.8, 4) is 0 Å². The van der Waals surface area contributed by atoms with Crippen LogP contribution in [0.2, 0.25) is 0 Å². The third-order valence-corrected chi connectivity index (χ3v) is 3.81. The topological polar surface area (TPSA) is 46.6 Å². The van der Waals surface area contributed by atoms with Gasteiger partial charge in [0, 0.05) is 13.1 Å². The zero-order chi connectivity index (χ0) is 14.1. The Morgan fingerprint density at radius 2 is 2.11 bits per heavy atom. The van der Waals surface area contributed by atoms with Crippen LogP contribution in [-0.2, 0) is 9.53 Å². The molecule has 19 heavy (non-hydrogen) atoms. The van der Waals surface area contributed by atoms with Crippen molar-refractivity contribution in [1.29, 1.82) is 0 Å². The Labute approximate surface area is 114 Å². The van der Waals surface area contributed by atoms with E-state index in [2.05, 4.69) is 0 Å². The van der Waals surface area contributed by atoms with Crippen LogP contribution in [0.4, 0.5) is 4.79 Å². The summed E-state index contributed by atoms with van der Waals surface area (Å²) >= 11 is 0. The number of carbonyl (C=O) groups excluding carboxylic acids is 2. The molecule has 0 aromatic rings. The fourth-order valence-corrected chi connectivity index (χ4v) is 2.87.